The van der Waals surface area contributed by atoms with Gasteiger partial charge in [0, 0.05) is 24.0 Å². The number of carboxylic acids is 1. The predicted molar refractivity (Wildman–Crippen MR) is 68.8 cm³/mol. The molecule has 2 N–H and O–H groups in total. The lowest BCUT2D eigenvalue weighted by Crippen LogP contribution is -2.38. The molecule has 0 aliphatic carbocycles. The van der Waals surface area contributed by atoms with Gasteiger partial charge in [-0.2, -0.15) is 0 Å². The van der Waals surface area contributed by atoms with Crippen molar-refractivity contribution in [2.75, 3.05) is 5.32 Å². The Morgan fingerprint density at radius 1 is 1.56 bits per heavy atom. The normalized spacial score (nSPS) is 11.6. The molecule has 0 saturated carbocycles. The van der Waals surface area contributed by atoms with Crippen LogP contribution in [-0.4, -0.2) is 26.2 Å². The van der Waals surface area contributed by atoms with Crippen LogP contribution in [0.25, 0.3) is 0 Å². The predicted octanol–water partition coefficient (Wildman–Crippen LogP) is 1.49. The molecule has 0 saturated heterocycles. The molecule has 1 aromatic rings. The van der Waals surface area contributed by atoms with Crippen LogP contribution in [-0.2, 0) is 4.79 Å². The molecule has 0 unspecified atom stereocenters. The molecule has 1 aromatic heterocycles. The second-order valence-corrected chi connectivity index (χ2v) is 5.16. The van der Waals surface area contributed by atoms with Gasteiger partial charge < -0.3 is 15.0 Å². The van der Waals surface area contributed by atoms with Crippen LogP contribution >= 0.6 is 0 Å². The molecule has 6 heteroatoms. The minimum Gasteiger partial charge on any atom is -0.481 e. The van der Waals surface area contributed by atoms with Crippen molar-refractivity contribution in [3.05, 3.63) is 22.7 Å². The molecule has 0 aliphatic rings. The van der Waals surface area contributed by atoms with E-state index in [1.54, 1.807) is 24.6 Å². The van der Waals surface area contributed by atoms with Gasteiger partial charge in [-0.05, 0) is 27.7 Å². The summed E-state index contributed by atoms with van der Waals surface area (Å²) in [4.78, 5) is 26.8. The Kier molecular flexibility index (Phi) is 4.11. The van der Waals surface area contributed by atoms with Gasteiger partial charge >= 0.3 is 5.97 Å². The van der Waals surface area contributed by atoms with E-state index < -0.39 is 11.5 Å². The van der Waals surface area contributed by atoms with Crippen LogP contribution in [0.5, 0.6) is 0 Å². The Bertz CT molecular complexity index is 492. The van der Waals surface area contributed by atoms with E-state index in [1.165, 1.54) is 6.20 Å². The summed E-state index contributed by atoms with van der Waals surface area (Å²) in [6, 6.07) is 0.0311. The Hall–Kier alpha value is -1.85. The number of nitrogens with zero attached hydrogens (tertiary/aromatic N) is 2. The van der Waals surface area contributed by atoms with E-state index in [1.807, 2.05) is 13.8 Å². The van der Waals surface area contributed by atoms with E-state index in [0.29, 0.717) is 0 Å². The van der Waals surface area contributed by atoms with Crippen LogP contribution in [0.4, 0.5) is 5.82 Å². The molecule has 0 spiro atoms. The summed E-state index contributed by atoms with van der Waals surface area (Å²) in [7, 11) is 0. The molecule has 0 amide bonds. The number of rotatable bonds is 5. The highest BCUT2D eigenvalue weighted by atomic mass is 16.4. The van der Waals surface area contributed by atoms with Crippen molar-refractivity contribution in [1.29, 1.82) is 0 Å². The average Bonchev–Trinajstić information content (AvgIpc) is 2.18. The molecular weight excluding hydrogens is 234 g/mol. The van der Waals surface area contributed by atoms with Gasteiger partial charge in [0.05, 0.1) is 6.42 Å². The zero-order valence-corrected chi connectivity index (χ0v) is 11.1. The Morgan fingerprint density at radius 2 is 2.17 bits per heavy atom. The van der Waals surface area contributed by atoms with Crippen molar-refractivity contribution in [3.8, 4) is 0 Å². The highest BCUT2D eigenvalue weighted by Gasteiger charge is 2.23. The van der Waals surface area contributed by atoms with E-state index >= 15 is 0 Å². The van der Waals surface area contributed by atoms with Gasteiger partial charge in [-0.25, -0.2) is 4.98 Å². The highest BCUT2D eigenvalue weighted by Crippen LogP contribution is 2.14. The van der Waals surface area contributed by atoms with Crippen LogP contribution in [0.15, 0.2) is 17.2 Å². The summed E-state index contributed by atoms with van der Waals surface area (Å²) in [5.41, 5.74) is -0.972. The Morgan fingerprint density at radius 3 is 2.67 bits per heavy atom. The molecule has 0 atom stereocenters. The minimum atomic E-state index is -0.924. The van der Waals surface area contributed by atoms with Crippen molar-refractivity contribution in [2.24, 2.45) is 0 Å². The summed E-state index contributed by atoms with van der Waals surface area (Å²) in [5, 5.41) is 11.7. The summed E-state index contributed by atoms with van der Waals surface area (Å²) >= 11 is 0. The Labute approximate surface area is 106 Å². The maximum atomic E-state index is 12.1. The second-order valence-electron chi connectivity index (χ2n) is 5.16. The number of aromatic nitrogens is 2. The summed E-state index contributed by atoms with van der Waals surface area (Å²) in [6.45, 7) is 7.23. The Balaban J connectivity index is 3.02. The third kappa shape index (κ3) is 3.58. The first-order valence-corrected chi connectivity index (χ1v) is 5.80. The van der Waals surface area contributed by atoms with Gasteiger partial charge in [-0.1, -0.05) is 0 Å². The average molecular weight is 253 g/mol. The molecule has 0 aliphatic heterocycles. The lowest BCUT2D eigenvalue weighted by molar-refractivity contribution is -0.137. The van der Waals surface area contributed by atoms with Crippen molar-refractivity contribution in [2.45, 2.75) is 45.7 Å². The maximum Gasteiger partial charge on any atom is 0.305 e. The standard InChI is InChI=1S/C12H19N3O3/c1-8(2)15-6-5-13-10(11(15)18)14-12(3,4)7-9(16)17/h5-6,8H,7H2,1-4H3,(H,13,14)(H,16,17). The maximum absolute atomic E-state index is 12.1. The fourth-order valence-electron chi connectivity index (χ4n) is 1.66. The fraction of sp³-hybridized carbons (Fsp3) is 0.583. The van der Waals surface area contributed by atoms with Crippen LogP contribution in [0.1, 0.15) is 40.2 Å². The smallest absolute Gasteiger partial charge is 0.305 e. The van der Waals surface area contributed by atoms with Crippen molar-refractivity contribution in [1.82, 2.24) is 9.55 Å². The van der Waals surface area contributed by atoms with Gasteiger partial charge in [0.15, 0.2) is 5.82 Å². The van der Waals surface area contributed by atoms with Gasteiger partial charge in [-0.15, -0.1) is 0 Å². The first-order chi connectivity index (χ1) is 8.23. The number of carboxylic acid groups (broad SMARTS) is 1. The fourth-order valence-corrected chi connectivity index (χ4v) is 1.66. The van der Waals surface area contributed by atoms with E-state index in [4.69, 9.17) is 5.11 Å². The van der Waals surface area contributed by atoms with Crippen LogP contribution < -0.4 is 10.9 Å². The molecule has 6 nitrogen and oxygen atoms in total. The minimum absolute atomic E-state index is 0.0311. The third-order valence-corrected chi connectivity index (χ3v) is 2.47. The van der Waals surface area contributed by atoms with Gasteiger partial charge in [0.2, 0.25) is 0 Å². The number of hydrogen-bond acceptors (Lipinski definition) is 4. The molecule has 0 bridgehead atoms. The molecule has 100 valence electrons. The lowest BCUT2D eigenvalue weighted by Gasteiger charge is -2.25. The van der Waals surface area contributed by atoms with Crippen molar-refractivity contribution in [3.63, 3.8) is 0 Å². The van der Waals surface area contributed by atoms with Gasteiger partial charge in [0.25, 0.3) is 5.56 Å². The molecular formula is C12H19N3O3. The molecule has 18 heavy (non-hydrogen) atoms. The number of aliphatic carboxylic acids is 1. The van der Waals surface area contributed by atoms with Crippen LogP contribution in [0.2, 0.25) is 0 Å². The first kappa shape index (κ1) is 14.2. The largest absolute Gasteiger partial charge is 0.481 e. The highest BCUT2D eigenvalue weighted by molar-refractivity contribution is 5.69. The molecule has 0 radical (unpaired) electrons. The molecule has 1 rings (SSSR count). The topological polar surface area (TPSA) is 84.2 Å². The van der Waals surface area contributed by atoms with Crippen molar-refractivity contribution >= 4 is 11.8 Å². The summed E-state index contributed by atoms with van der Waals surface area (Å²) in [5.74, 6) is -0.745. The quantitative estimate of drug-likeness (QED) is 0.830. The molecule has 0 aromatic carbocycles. The van der Waals surface area contributed by atoms with Gasteiger partial charge in [-0.3, -0.25) is 9.59 Å². The monoisotopic (exact) mass is 253 g/mol. The van der Waals surface area contributed by atoms with E-state index in [-0.39, 0.29) is 23.8 Å². The van der Waals surface area contributed by atoms with E-state index in [9.17, 15) is 9.59 Å². The van der Waals surface area contributed by atoms with Crippen molar-refractivity contribution < 1.29 is 9.90 Å². The summed E-state index contributed by atoms with van der Waals surface area (Å²) < 4.78 is 1.55. The van der Waals surface area contributed by atoms with Gasteiger partial charge in [0.1, 0.15) is 0 Å². The molecule has 0 fully saturated rings. The number of hydrogen-bond donors (Lipinski definition) is 2. The lowest BCUT2D eigenvalue weighted by atomic mass is 10.0. The first-order valence-electron chi connectivity index (χ1n) is 5.80. The second kappa shape index (κ2) is 5.20. The zero-order chi connectivity index (χ0) is 13.9. The zero-order valence-electron chi connectivity index (χ0n) is 11.1. The number of nitrogens with one attached hydrogen (secondary N) is 1. The third-order valence-electron chi connectivity index (χ3n) is 2.47. The van der Waals surface area contributed by atoms with Crippen LogP contribution in [0.3, 0.4) is 0 Å². The van der Waals surface area contributed by atoms with E-state index in [2.05, 4.69) is 10.3 Å². The molecule has 1 heterocycles. The van der Waals surface area contributed by atoms with Crippen LogP contribution in [0, 0.1) is 0 Å². The van der Waals surface area contributed by atoms with E-state index in [0.717, 1.165) is 0 Å². The SMILES string of the molecule is CC(C)n1ccnc(NC(C)(C)CC(=O)O)c1=O. The number of carbonyl (C=O) groups is 1. The number of anilines is 1. The summed E-state index contributed by atoms with van der Waals surface area (Å²) in [6.07, 6.45) is 3.05.